The fourth-order valence-electron chi connectivity index (χ4n) is 3.63. The summed E-state index contributed by atoms with van der Waals surface area (Å²) in [6, 6.07) is 14.7. The van der Waals surface area contributed by atoms with Gasteiger partial charge in [-0.15, -0.1) is 0 Å². The molecule has 3 amide bonds. The molecule has 2 aromatic rings. The van der Waals surface area contributed by atoms with Crippen LogP contribution in [0.1, 0.15) is 25.3 Å². The number of carbonyl (C=O) groups excluding carboxylic acids is 3. The largest absolute Gasteiger partial charge is 0.480 e. The maximum atomic E-state index is 13.3. The smallest absolute Gasteiger partial charge is 0.326 e. The number of fused-ring (bicyclic) bond motifs is 1. The van der Waals surface area contributed by atoms with Crippen molar-refractivity contribution in [3.8, 4) is 0 Å². The van der Waals surface area contributed by atoms with Crippen LogP contribution in [0.3, 0.4) is 0 Å². The molecular weight excluding hydrogens is 424 g/mol. The predicted molar refractivity (Wildman–Crippen MR) is 124 cm³/mol. The monoisotopic (exact) mass is 452 g/mol. The lowest BCUT2D eigenvalue weighted by molar-refractivity contribution is -0.141. The maximum absolute atomic E-state index is 13.3. The van der Waals surface area contributed by atoms with Gasteiger partial charge in [0.15, 0.2) is 0 Å². The van der Waals surface area contributed by atoms with Gasteiger partial charge in [-0.1, -0.05) is 49.4 Å². The zero-order valence-corrected chi connectivity index (χ0v) is 18.4. The summed E-state index contributed by atoms with van der Waals surface area (Å²) in [7, 11) is 0. The first-order valence-corrected chi connectivity index (χ1v) is 10.9. The molecule has 1 aliphatic heterocycles. The molecule has 0 spiro atoms. The number of nitrogens with zero attached hydrogens (tertiary/aromatic N) is 1. The number of carboxylic acid groups (broad SMARTS) is 1. The standard InChI is InChI=1S/C24H28N4O5/c1-2-17(24(32)33)26-22(30)15-28-20-11-7-6-10-18(20)25-14-19(23(28)31)27-21(29)13-12-16-8-4-3-5-9-16/h3-11,17,19,25H,2,12-15H2,1H3,(H,26,30)(H,27,29)(H,32,33)/t17-,19-/m0/s1. The fourth-order valence-corrected chi connectivity index (χ4v) is 3.63. The predicted octanol–water partition coefficient (Wildman–Crippen LogP) is 1.54. The number of rotatable bonds is 9. The summed E-state index contributed by atoms with van der Waals surface area (Å²) in [5.41, 5.74) is 2.15. The lowest BCUT2D eigenvalue weighted by atomic mass is 10.1. The van der Waals surface area contributed by atoms with E-state index in [0.717, 1.165) is 5.56 Å². The molecule has 0 aromatic heterocycles. The summed E-state index contributed by atoms with van der Waals surface area (Å²) in [6.45, 7) is 1.45. The second kappa shape index (κ2) is 11.1. The molecule has 0 radical (unpaired) electrons. The van der Waals surface area contributed by atoms with Crippen molar-refractivity contribution in [3.63, 3.8) is 0 Å². The van der Waals surface area contributed by atoms with Crippen LogP contribution in [0.15, 0.2) is 54.6 Å². The Balaban J connectivity index is 1.71. The average molecular weight is 453 g/mol. The molecule has 0 aliphatic carbocycles. The lowest BCUT2D eigenvalue weighted by Crippen LogP contribution is -2.53. The second-order valence-electron chi connectivity index (χ2n) is 7.79. The lowest BCUT2D eigenvalue weighted by Gasteiger charge is -2.25. The molecule has 2 atom stereocenters. The van der Waals surface area contributed by atoms with Gasteiger partial charge in [0.05, 0.1) is 11.4 Å². The highest BCUT2D eigenvalue weighted by atomic mass is 16.4. The Morgan fingerprint density at radius 2 is 1.79 bits per heavy atom. The van der Waals surface area contributed by atoms with Crippen molar-refractivity contribution < 1.29 is 24.3 Å². The summed E-state index contributed by atoms with van der Waals surface area (Å²) in [5.74, 6) is -2.45. The van der Waals surface area contributed by atoms with Crippen molar-refractivity contribution in [1.29, 1.82) is 0 Å². The second-order valence-corrected chi connectivity index (χ2v) is 7.79. The van der Waals surface area contributed by atoms with E-state index in [2.05, 4.69) is 16.0 Å². The Morgan fingerprint density at radius 3 is 2.48 bits per heavy atom. The first-order valence-electron chi connectivity index (χ1n) is 10.9. The van der Waals surface area contributed by atoms with Crippen LogP contribution in [0.5, 0.6) is 0 Å². The fraction of sp³-hybridized carbons (Fsp3) is 0.333. The Kier molecular flexibility index (Phi) is 8.01. The summed E-state index contributed by atoms with van der Waals surface area (Å²) in [5, 5.41) is 17.6. The Labute approximate surface area is 192 Å². The van der Waals surface area contributed by atoms with Crippen molar-refractivity contribution in [1.82, 2.24) is 10.6 Å². The highest BCUT2D eigenvalue weighted by Crippen LogP contribution is 2.28. The number of aliphatic carboxylic acids is 1. The van der Waals surface area contributed by atoms with Gasteiger partial charge in [-0.3, -0.25) is 19.3 Å². The van der Waals surface area contributed by atoms with Crippen molar-refractivity contribution in [3.05, 3.63) is 60.2 Å². The highest BCUT2D eigenvalue weighted by Gasteiger charge is 2.33. The first-order chi connectivity index (χ1) is 15.9. The van der Waals surface area contributed by atoms with E-state index in [9.17, 15) is 24.3 Å². The number of benzene rings is 2. The van der Waals surface area contributed by atoms with Crippen LogP contribution in [0.25, 0.3) is 0 Å². The molecule has 2 aromatic carbocycles. The van der Waals surface area contributed by atoms with Gasteiger partial charge in [-0.25, -0.2) is 4.79 Å². The molecule has 0 fully saturated rings. The molecule has 0 saturated carbocycles. The third-order valence-electron chi connectivity index (χ3n) is 5.42. The number of hydrogen-bond donors (Lipinski definition) is 4. The minimum Gasteiger partial charge on any atom is -0.480 e. The number of amides is 3. The summed E-state index contributed by atoms with van der Waals surface area (Å²) in [6.07, 6.45) is 0.978. The molecule has 0 saturated heterocycles. The normalized spacial score (nSPS) is 16.1. The molecule has 3 rings (SSSR count). The molecule has 33 heavy (non-hydrogen) atoms. The molecule has 1 heterocycles. The van der Waals surface area contributed by atoms with Gasteiger partial charge in [-0.2, -0.15) is 0 Å². The minimum atomic E-state index is -1.14. The van der Waals surface area contributed by atoms with Crippen molar-refractivity contribution in [2.75, 3.05) is 23.3 Å². The molecule has 9 heteroatoms. The molecule has 4 N–H and O–H groups in total. The minimum absolute atomic E-state index is 0.164. The number of carbonyl (C=O) groups is 4. The molecule has 0 bridgehead atoms. The van der Waals surface area contributed by atoms with E-state index < -0.39 is 29.9 Å². The van der Waals surface area contributed by atoms with Gasteiger partial charge < -0.3 is 21.1 Å². The van der Waals surface area contributed by atoms with Gasteiger partial charge in [0.25, 0.3) is 5.91 Å². The SMILES string of the molecule is CC[C@H](NC(=O)CN1C(=O)[C@@H](NC(=O)CCc2ccccc2)CNc2ccccc21)C(=O)O. The van der Waals surface area contributed by atoms with E-state index in [4.69, 9.17) is 0 Å². The zero-order chi connectivity index (χ0) is 23.8. The third kappa shape index (κ3) is 6.31. The average Bonchev–Trinajstić information content (AvgIpc) is 2.94. The van der Waals surface area contributed by atoms with Crippen LogP contribution >= 0.6 is 0 Å². The summed E-state index contributed by atoms with van der Waals surface area (Å²) in [4.78, 5) is 51.0. The van der Waals surface area contributed by atoms with Crippen LogP contribution in [-0.2, 0) is 25.6 Å². The topological polar surface area (TPSA) is 128 Å². The van der Waals surface area contributed by atoms with Crippen molar-refractivity contribution >= 4 is 35.1 Å². The van der Waals surface area contributed by atoms with E-state index in [-0.39, 0.29) is 31.8 Å². The van der Waals surface area contributed by atoms with Gasteiger partial charge >= 0.3 is 5.97 Å². The Hall–Kier alpha value is -3.88. The third-order valence-corrected chi connectivity index (χ3v) is 5.42. The number of hydrogen-bond acceptors (Lipinski definition) is 5. The summed E-state index contributed by atoms with van der Waals surface area (Å²) >= 11 is 0. The van der Waals surface area contributed by atoms with E-state index in [1.54, 1.807) is 31.2 Å². The van der Waals surface area contributed by atoms with Gasteiger partial charge in [0, 0.05) is 13.0 Å². The molecule has 174 valence electrons. The number of nitrogens with one attached hydrogen (secondary N) is 3. The molecular formula is C24H28N4O5. The van der Waals surface area contributed by atoms with Crippen molar-refractivity contribution in [2.24, 2.45) is 0 Å². The van der Waals surface area contributed by atoms with Crippen molar-refractivity contribution in [2.45, 2.75) is 38.3 Å². The molecule has 9 nitrogen and oxygen atoms in total. The highest BCUT2D eigenvalue weighted by molar-refractivity contribution is 6.06. The number of anilines is 2. The van der Waals surface area contributed by atoms with E-state index in [1.807, 2.05) is 30.3 Å². The molecule has 1 aliphatic rings. The maximum Gasteiger partial charge on any atom is 0.326 e. The number of aryl methyl sites for hydroxylation is 1. The van der Waals surface area contributed by atoms with Gasteiger partial charge in [0.2, 0.25) is 11.8 Å². The summed E-state index contributed by atoms with van der Waals surface area (Å²) < 4.78 is 0. The van der Waals surface area contributed by atoms with Crippen LogP contribution < -0.4 is 20.9 Å². The van der Waals surface area contributed by atoms with Crippen LogP contribution in [0, 0.1) is 0 Å². The van der Waals surface area contributed by atoms with Crippen LogP contribution in [0.2, 0.25) is 0 Å². The molecule has 0 unspecified atom stereocenters. The van der Waals surface area contributed by atoms with Crippen LogP contribution in [0.4, 0.5) is 11.4 Å². The number of carboxylic acids is 1. The first kappa shape index (κ1) is 23.8. The van der Waals surface area contributed by atoms with E-state index >= 15 is 0 Å². The Morgan fingerprint density at radius 1 is 1.09 bits per heavy atom. The van der Waals surface area contributed by atoms with Crippen LogP contribution in [-0.4, -0.2) is 54.0 Å². The van der Waals surface area contributed by atoms with E-state index in [1.165, 1.54) is 4.90 Å². The van der Waals surface area contributed by atoms with E-state index in [0.29, 0.717) is 17.8 Å². The van der Waals surface area contributed by atoms with Gasteiger partial charge in [0.1, 0.15) is 18.6 Å². The number of para-hydroxylation sites is 2. The van der Waals surface area contributed by atoms with Gasteiger partial charge in [-0.05, 0) is 30.5 Å². The quantitative estimate of drug-likeness (QED) is 0.457. The zero-order valence-electron chi connectivity index (χ0n) is 18.4. The Bertz CT molecular complexity index is 1010.